The van der Waals surface area contributed by atoms with Crippen molar-refractivity contribution < 1.29 is 24.5 Å². The van der Waals surface area contributed by atoms with Crippen LogP contribution in [0.5, 0.6) is 0 Å². The van der Waals surface area contributed by atoms with Crippen molar-refractivity contribution in [2.45, 2.75) is 45.1 Å². The second-order valence-corrected chi connectivity index (χ2v) is 6.87. The number of nitrogens with one attached hydrogen (secondary N) is 5. The average Bonchev–Trinajstić information content (AvgIpc) is 2.60. The fraction of sp³-hybridized carbons (Fsp3) is 0.588. The number of carbonyl (C=O) groups is 2. The van der Waals surface area contributed by atoms with E-state index in [0.717, 1.165) is 0 Å². The minimum absolute atomic E-state index is 0.118. The zero-order valence-corrected chi connectivity index (χ0v) is 17.1. The third-order valence-electron chi connectivity index (χ3n) is 3.67. The fourth-order valence-electron chi connectivity index (χ4n) is 2.41. The molecule has 29 heavy (non-hydrogen) atoms. The van der Waals surface area contributed by atoms with Gasteiger partial charge < -0.3 is 26.0 Å². The van der Waals surface area contributed by atoms with E-state index < -0.39 is 30.9 Å². The summed E-state index contributed by atoms with van der Waals surface area (Å²) in [6.45, 7) is 7.51. The van der Waals surface area contributed by atoms with Gasteiger partial charge in [-0.2, -0.15) is 0 Å². The Morgan fingerprint density at radius 2 is 1.93 bits per heavy atom. The summed E-state index contributed by atoms with van der Waals surface area (Å²) in [6.07, 6.45) is 5.05. The molecule has 0 bridgehead atoms. The summed E-state index contributed by atoms with van der Waals surface area (Å²) in [4.78, 5) is 35.7. The van der Waals surface area contributed by atoms with Crippen molar-refractivity contribution >= 4 is 24.9 Å². The van der Waals surface area contributed by atoms with E-state index in [1.54, 1.807) is 0 Å². The normalized spacial score (nSPS) is 12.8. The van der Waals surface area contributed by atoms with Crippen LogP contribution in [0.3, 0.4) is 0 Å². The second-order valence-electron chi connectivity index (χ2n) is 6.87. The van der Waals surface area contributed by atoms with Crippen molar-refractivity contribution in [3.8, 4) is 0 Å². The standard InChI is InChI=1S/C17H31BN6O5/c1-5-6-9-15(25)21-13(8-7-10-20-17(19)23-24(4)29)16(26)22-14(18(27)28)11-12(2)3/h5-6,9,12-14,27-28H,1,7-8,10-11H2,2-4H3,(H4-,19,20,21,22,23,25,26,29)/p+1/b9-6+/t13-,14-/m0/s1. The maximum Gasteiger partial charge on any atom is 0.475 e. The lowest BCUT2D eigenvalue weighted by Gasteiger charge is -2.24. The Labute approximate surface area is 171 Å². The van der Waals surface area contributed by atoms with Crippen molar-refractivity contribution in [1.29, 1.82) is 5.41 Å². The van der Waals surface area contributed by atoms with E-state index >= 15 is 0 Å². The van der Waals surface area contributed by atoms with E-state index in [0.29, 0.717) is 17.7 Å². The van der Waals surface area contributed by atoms with Gasteiger partial charge in [0, 0.05) is 12.6 Å². The summed E-state index contributed by atoms with van der Waals surface area (Å²) < 4.78 is 0. The van der Waals surface area contributed by atoms with Crippen molar-refractivity contribution in [3.63, 3.8) is 0 Å². The molecule has 0 aliphatic heterocycles. The molecule has 0 fully saturated rings. The predicted molar refractivity (Wildman–Crippen MR) is 110 cm³/mol. The molecule has 0 aromatic heterocycles. The third-order valence-corrected chi connectivity index (χ3v) is 3.67. The molecule has 11 nitrogen and oxygen atoms in total. The molecule has 0 radical (unpaired) electrons. The Kier molecular flexibility index (Phi) is 13.0. The minimum Gasteiger partial charge on any atom is -0.426 e. The molecule has 0 rings (SSSR count). The first kappa shape index (κ1) is 26.3. The smallest absolute Gasteiger partial charge is 0.426 e. The number of guanidine groups is 1. The third kappa shape index (κ3) is 13.1. The van der Waals surface area contributed by atoms with Gasteiger partial charge in [0.15, 0.2) is 0 Å². The van der Waals surface area contributed by atoms with E-state index in [2.05, 4.69) is 28.0 Å². The van der Waals surface area contributed by atoms with Gasteiger partial charge in [0.25, 0.3) is 0 Å². The number of allylic oxidation sites excluding steroid dienone is 2. The second kappa shape index (κ2) is 14.3. The van der Waals surface area contributed by atoms with E-state index in [1.807, 2.05) is 13.8 Å². The summed E-state index contributed by atoms with van der Waals surface area (Å²) in [5, 5.41) is 34.3. The lowest BCUT2D eigenvalue weighted by Crippen LogP contribution is -2.54. The maximum absolute atomic E-state index is 12.6. The van der Waals surface area contributed by atoms with E-state index in [4.69, 9.17) is 5.41 Å². The van der Waals surface area contributed by atoms with Crippen LogP contribution in [0.15, 0.2) is 24.8 Å². The largest absolute Gasteiger partial charge is 0.475 e. The summed E-state index contributed by atoms with van der Waals surface area (Å²) in [7, 11) is -0.526. The summed E-state index contributed by atoms with van der Waals surface area (Å²) in [6, 6.07) is -0.920. The molecule has 2 atom stereocenters. The molecule has 0 aliphatic carbocycles. The van der Waals surface area contributed by atoms with Crippen LogP contribution in [0, 0.1) is 16.2 Å². The van der Waals surface area contributed by atoms with Gasteiger partial charge in [-0.3, -0.25) is 15.0 Å². The van der Waals surface area contributed by atoms with Crippen molar-refractivity contribution in [2.24, 2.45) is 5.92 Å². The lowest BCUT2D eigenvalue weighted by molar-refractivity contribution is -0.563. The van der Waals surface area contributed by atoms with Gasteiger partial charge in [-0.15, -0.1) is 0 Å². The number of hydrazine groups is 1. The molecule has 0 aromatic carbocycles. The Bertz CT molecular complexity index is 611. The van der Waals surface area contributed by atoms with Crippen LogP contribution in [-0.4, -0.2) is 65.4 Å². The zero-order chi connectivity index (χ0) is 22.4. The molecule has 0 heterocycles. The van der Waals surface area contributed by atoms with Gasteiger partial charge >= 0.3 is 7.12 Å². The molecule has 162 valence electrons. The Morgan fingerprint density at radius 1 is 1.28 bits per heavy atom. The van der Waals surface area contributed by atoms with Crippen molar-refractivity contribution in [3.05, 3.63) is 29.7 Å². The molecular weight excluding hydrogens is 379 g/mol. The van der Waals surface area contributed by atoms with Crippen LogP contribution in [-0.2, 0) is 9.59 Å². The van der Waals surface area contributed by atoms with Crippen LogP contribution < -0.4 is 21.4 Å². The summed E-state index contributed by atoms with van der Waals surface area (Å²) in [5.41, 5.74) is 2.19. The summed E-state index contributed by atoms with van der Waals surface area (Å²) in [5.74, 6) is -1.98. The fourth-order valence-corrected chi connectivity index (χ4v) is 2.41. The van der Waals surface area contributed by atoms with Gasteiger partial charge in [0.1, 0.15) is 10.9 Å². The number of rotatable bonds is 13. The molecule has 0 saturated heterocycles. The van der Waals surface area contributed by atoms with Crippen LogP contribution in [0.25, 0.3) is 0 Å². The highest BCUT2D eigenvalue weighted by Crippen LogP contribution is 2.07. The van der Waals surface area contributed by atoms with Gasteiger partial charge in [-0.05, 0) is 25.2 Å². The topological polar surface area (TPSA) is 167 Å². The van der Waals surface area contributed by atoms with E-state index in [-0.39, 0.29) is 24.8 Å². The molecule has 2 amide bonds. The van der Waals surface area contributed by atoms with Crippen molar-refractivity contribution in [2.75, 3.05) is 13.6 Å². The van der Waals surface area contributed by atoms with Crippen LogP contribution >= 0.6 is 0 Å². The Hall–Kier alpha value is -2.73. The number of hydrogen-bond acceptors (Lipinski definition) is 6. The first-order valence-corrected chi connectivity index (χ1v) is 9.32. The van der Waals surface area contributed by atoms with Crippen LogP contribution in [0.2, 0.25) is 0 Å². The highest BCUT2D eigenvalue weighted by Gasteiger charge is 2.29. The van der Waals surface area contributed by atoms with Gasteiger partial charge in [-0.25, -0.2) is 0 Å². The van der Waals surface area contributed by atoms with Gasteiger partial charge in [0.05, 0.1) is 10.8 Å². The van der Waals surface area contributed by atoms with Gasteiger partial charge in [0.2, 0.25) is 24.8 Å². The minimum atomic E-state index is -1.73. The van der Waals surface area contributed by atoms with Gasteiger partial charge in [-0.1, -0.05) is 38.0 Å². The summed E-state index contributed by atoms with van der Waals surface area (Å²) >= 11 is 0. The quantitative estimate of drug-likeness (QED) is 0.0297. The predicted octanol–water partition coefficient (Wildman–Crippen LogP) is -1.03. The maximum atomic E-state index is 12.6. The number of hydrogen-bond donors (Lipinski definition) is 7. The molecule has 7 N–H and O–H groups in total. The SMILES string of the molecule is C=C/C=C/C(=O)N[C@@H](CCCNC(=N)N[N+](C)=O)C(=O)N[C@@H](CC(C)C)B(O)O. The van der Waals surface area contributed by atoms with E-state index in [9.17, 15) is 24.5 Å². The average molecular weight is 411 g/mol. The highest BCUT2D eigenvalue weighted by molar-refractivity contribution is 6.43. The molecule has 0 aromatic rings. The molecule has 0 unspecified atom stereocenters. The lowest BCUT2D eigenvalue weighted by atomic mass is 9.75. The molecule has 0 spiro atoms. The van der Waals surface area contributed by atoms with E-state index in [1.165, 1.54) is 25.3 Å². The monoisotopic (exact) mass is 411 g/mol. The number of carbonyl (C=O) groups excluding carboxylic acids is 2. The number of nitrogens with zero attached hydrogens (tertiary/aromatic N) is 1. The zero-order valence-electron chi connectivity index (χ0n) is 17.1. The molecular formula is C17H32BN6O5+. The number of amides is 2. The first-order chi connectivity index (χ1) is 13.6. The van der Waals surface area contributed by atoms with Crippen LogP contribution in [0.1, 0.15) is 33.1 Å². The highest BCUT2D eigenvalue weighted by atomic mass is 16.4. The molecule has 12 heteroatoms. The number of nitroso groups, excluding NO2 is 1. The first-order valence-electron chi connectivity index (χ1n) is 9.32. The Morgan fingerprint density at radius 3 is 2.45 bits per heavy atom. The molecule has 0 saturated carbocycles. The Balaban J connectivity index is 4.93. The van der Waals surface area contributed by atoms with Crippen LogP contribution in [0.4, 0.5) is 0 Å². The molecule has 0 aliphatic rings. The van der Waals surface area contributed by atoms with Crippen molar-refractivity contribution in [1.82, 2.24) is 21.4 Å².